The van der Waals surface area contributed by atoms with Crippen LogP contribution in [0.5, 0.6) is 0 Å². The first kappa shape index (κ1) is 21.9. The minimum atomic E-state index is -4.09. The van der Waals surface area contributed by atoms with Crippen LogP contribution >= 0.6 is 0 Å². The van der Waals surface area contributed by atoms with Crippen LogP contribution in [0.1, 0.15) is 72.6 Å². The normalized spacial score (nSPS) is 13.5. The molecule has 8 heteroatoms. The summed E-state index contributed by atoms with van der Waals surface area (Å²) < 4.78 is 14.3. The standard InChI is InChI=1S/C14H32O7Si/c1-5-8-9-10-11-12-13-14(4)18-21-22(15,19-16-6-2)20-17-7-3/h14-15H,5-13H2,1-4H3. The van der Waals surface area contributed by atoms with Crippen LogP contribution in [0, 0.1) is 0 Å². The minimum absolute atomic E-state index is 0.180. The van der Waals surface area contributed by atoms with E-state index in [-0.39, 0.29) is 19.3 Å². The second-order valence-corrected chi connectivity index (χ2v) is 6.60. The smallest absolute Gasteiger partial charge is 0.363 e. The van der Waals surface area contributed by atoms with E-state index in [0.717, 1.165) is 12.8 Å². The molecule has 0 aliphatic heterocycles. The van der Waals surface area contributed by atoms with Crippen LogP contribution in [0.3, 0.4) is 0 Å². The van der Waals surface area contributed by atoms with E-state index in [2.05, 4.69) is 16.7 Å². The van der Waals surface area contributed by atoms with Crippen LogP contribution in [-0.4, -0.2) is 33.2 Å². The van der Waals surface area contributed by atoms with Gasteiger partial charge >= 0.3 is 9.05 Å². The number of unbranched alkanes of at least 4 members (excludes halogenated alkanes) is 5. The first-order chi connectivity index (χ1) is 10.6. The third-order valence-corrected chi connectivity index (χ3v) is 3.81. The van der Waals surface area contributed by atoms with Crippen LogP contribution in [0.15, 0.2) is 0 Å². The Morgan fingerprint density at radius 3 is 1.91 bits per heavy atom. The van der Waals surface area contributed by atoms with Crippen molar-refractivity contribution >= 4 is 9.05 Å². The number of rotatable bonds is 16. The molecule has 134 valence electrons. The topological polar surface area (TPSA) is 75.6 Å². The van der Waals surface area contributed by atoms with Gasteiger partial charge in [0.2, 0.25) is 0 Å². The third kappa shape index (κ3) is 12.5. The summed E-state index contributed by atoms with van der Waals surface area (Å²) in [7, 11) is -4.09. The van der Waals surface area contributed by atoms with Crippen LogP contribution < -0.4 is 0 Å². The number of hydrogen-bond donors (Lipinski definition) is 1. The molecule has 0 fully saturated rings. The van der Waals surface area contributed by atoms with Crippen molar-refractivity contribution in [2.45, 2.75) is 78.7 Å². The molecule has 0 aromatic rings. The van der Waals surface area contributed by atoms with E-state index in [1.54, 1.807) is 13.8 Å². The fourth-order valence-corrected chi connectivity index (χ4v) is 2.61. The summed E-state index contributed by atoms with van der Waals surface area (Å²) in [4.78, 5) is 24.5. The molecule has 0 aliphatic carbocycles. The molecule has 1 N–H and O–H groups in total. The summed E-state index contributed by atoms with van der Waals surface area (Å²) in [6.07, 6.45) is 7.92. The highest BCUT2D eigenvalue weighted by Gasteiger charge is 2.48. The van der Waals surface area contributed by atoms with Gasteiger partial charge in [0.25, 0.3) is 0 Å². The van der Waals surface area contributed by atoms with E-state index in [0.29, 0.717) is 0 Å². The molecule has 0 aromatic heterocycles. The van der Waals surface area contributed by atoms with Gasteiger partial charge in [-0.1, -0.05) is 45.4 Å². The second kappa shape index (κ2) is 14.5. The van der Waals surface area contributed by atoms with Crippen molar-refractivity contribution in [3.63, 3.8) is 0 Å². The van der Waals surface area contributed by atoms with Gasteiger partial charge in [0, 0.05) is 0 Å². The molecule has 0 amide bonds. The van der Waals surface area contributed by atoms with E-state index < -0.39 is 9.05 Å². The van der Waals surface area contributed by atoms with Crippen molar-refractivity contribution < 1.29 is 33.2 Å². The van der Waals surface area contributed by atoms with Crippen molar-refractivity contribution in [1.82, 2.24) is 0 Å². The highest BCUT2D eigenvalue weighted by Crippen LogP contribution is 2.14. The zero-order chi connectivity index (χ0) is 16.7. The Labute approximate surface area is 135 Å². The van der Waals surface area contributed by atoms with E-state index in [9.17, 15) is 4.80 Å². The van der Waals surface area contributed by atoms with E-state index in [1.165, 1.54) is 32.1 Å². The Kier molecular flexibility index (Phi) is 14.5. The first-order valence-corrected chi connectivity index (χ1v) is 9.93. The largest absolute Gasteiger partial charge is 0.761 e. The van der Waals surface area contributed by atoms with Crippen molar-refractivity contribution in [2.24, 2.45) is 0 Å². The Morgan fingerprint density at radius 1 is 0.818 bits per heavy atom. The average Bonchev–Trinajstić information content (AvgIpc) is 2.52. The lowest BCUT2D eigenvalue weighted by Gasteiger charge is -2.21. The van der Waals surface area contributed by atoms with Gasteiger partial charge < -0.3 is 4.80 Å². The molecule has 0 heterocycles. The quantitative estimate of drug-likeness (QED) is 0.200. The first-order valence-electron chi connectivity index (χ1n) is 8.26. The molecule has 0 rings (SSSR count). The van der Waals surface area contributed by atoms with Gasteiger partial charge in [0.1, 0.15) is 0 Å². The Balaban J connectivity index is 3.86. The van der Waals surface area contributed by atoms with E-state index in [1.807, 2.05) is 6.92 Å². The fourth-order valence-electron chi connectivity index (χ4n) is 1.71. The highest BCUT2D eigenvalue weighted by atomic mass is 28.4. The molecule has 1 atom stereocenters. The summed E-state index contributed by atoms with van der Waals surface area (Å²) in [5, 5.41) is 0. The Hall–Kier alpha value is -0.0631. The minimum Gasteiger partial charge on any atom is -0.363 e. The van der Waals surface area contributed by atoms with Gasteiger partial charge in [-0.3, -0.25) is 0 Å². The summed E-state index contributed by atoms with van der Waals surface area (Å²) in [5.74, 6) is 0. The van der Waals surface area contributed by atoms with Crippen LogP contribution in [0.2, 0.25) is 0 Å². The van der Waals surface area contributed by atoms with Crippen molar-refractivity contribution in [2.75, 3.05) is 13.2 Å². The predicted molar refractivity (Wildman–Crippen MR) is 83.0 cm³/mol. The van der Waals surface area contributed by atoms with Gasteiger partial charge in [0.15, 0.2) is 0 Å². The molecule has 0 aliphatic rings. The molecule has 1 unspecified atom stereocenters. The summed E-state index contributed by atoms with van der Waals surface area (Å²) in [6.45, 7) is 7.95. The molecule has 7 nitrogen and oxygen atoms in total. The van der Waals surface area contributed by atoms with Crippen molar-refractivity contribution in [1.29, 1.82) is 0 Å². The molecule has 0 saturated heterocycles. The maximum Gasteiger partial charge on any atom is 0.761 e. The molecule has 0 saturated carbocycles. The van der Waals surface area contributed by atoms with Crippen LogP contribution in [0.25, 0.3) is 0 Å². The lowest BCUT2D eigenvalue weighted by Crippen LogP contribution is -2.47. The van der Waals surface area contributed by atoms with Gasteiger partial charge in [-0.05, 0) is 27.2 Å². The van der Waals surface area contributed by atoms with E-state index in [4.69, 9.17) is 18.6 Å². The summed E-state index contributed by atoms with van der Waals surface area (Å²) >= 11 is 0. The summed E-state index contributed by atoms with van der Waals surface area (Å²) in [5.41, 5.74) is 0. The molecule has 0 spiro atoms. The lowest BCUT2D eigenvalue weighted by atomic mass is 10.1. The molecular formula is C14H32O7Si. The Bertz CT molecular complexity index is 235. The highest BCUT2D eigenvalue weighted by molar-refractivity contribution is 6.51. The van der Waals surface area contributed by atoms with Gasteiger partial charge in [-0.25, -0.2) is 14.7 Å². The van der Waals surface area contributed by atoms with Crippen molar-refractivity contribution in [3.8, 4) is 0 Å². The number of hydrogen-bond acceptors (Lipinski definition) is 7. The monoisotopic (exact) mass is 340 g/mol. The Morgan fingerprint density at radius 2 is 1.36 bits per heavy atom. The van der Waals surface area contributed by atoms with Gasteiger partial charge in [0.05, 0.1) is 19.3 Å². The zero-order valence-corrected chi connectivity index (χ0v) is 15.3. The average molecular weight is 340 g/mol. The molecule has 0 aromatic carbocycles. The zero-order valence-electron chi connectivity index (χ0n) is 14.3. The molecule has 0 bridgehead atoms. The van der Waals surface area contributed by atoms with E-state index >= 15 is 0 Å². The van der Waals surface area contributed by atoms with Gasteiger partial charge in [-0.15, -0.1) is 0 Å². The molecular weight excluding hydrogens is 308 g/mol. The molecule has 22 heavy (non-hydrogen) atoms. The molecule has 0 radical (unpaired) electrons. The van der Waals surface area contributed by atoms with Crippen molar-refractivity contribution in [3.05, 3.63) is 0 Å². The SMILES string of the molecule is CCCCCCCCC(C)OO[Si](O)(OOCC)OOCC. The lowest BCUT2D eigenvalue weighted by molar-refractivity contribution is -0.390. The predicted octanol–water partition coefficient (Wildman–Crippen LogP) is 3.44. The maximum atomic E-state index is 9.99. The third-order valence-electron chi connectivity index (χ3n) is 2.85. The van der Waals surface area contributed by atoms with Crippen LogP contribution in [-0.2, 0) is 28.4 Å². The second-order valence-electron chi connectivity index (χ2n) is 5.05. The maximum absolute atomic E-state index is 9.99. The summed E-state index contributed by atoms with van der Waals surface area (Å²) in [6, 6.07) is 0. The fraction of sp³-hybridized carbons (Fsp3) is 1.00. The van der Waals surface area contributed by atoms with Gasteiger partial charge in [-0.2, -0.15) is 13.7 Å². The van der Waals surface area contributed by atoms with Crippen LogP contribution in [0.4, 0.5) is 0 Å².